The largest absolute Gasteiger partial charge is 0.483 e. The predicted octanol–water partition coefficient (Wildman–Crippen LogP) is 11.4. The van der Waals surface area contributed by atoms with Gasteiger partial charge in [0.15, 0.2) is 22.9 Å². The number of pyridine rings is 2. The summed E-state index contributed by atoms with van der Waals surface area (Å²) in [6.45, 7) is 16.2. The minimum absolute atomic E-state index is 0.0508. The van der Waals surface area contributed by atoms with Gasteiger partial charge >= 0.3 is 0 Å². The third-order valence-electron chi connectivity index (χ3n) is 15.8. The molecule has 10 rings (SSSR count). The molecular weight excluding hydrogens is 1180 g/mol. The number of fused-ring (bicyclic) bond motifs is 2. The molecule has 0 radical (unpaired) electrons. The smallest absolute Gasteiger partial charge is 0.274 e. The molecule has 2 atom stereocenters. The van der Waals surface area contributed by atoms with E-state index in [9.17, 15) is 46.3 Å². The summed E-state index contributed by atoms with van der Waals surface area (Å²) >= 11 is 2.41. The standard InChI is InChI=1S/C34H36F2N4O4S.C33H34F2N4O4S/c1-6-28(41)38(5)19-34(4)20-39(21(2)3)33(43)29-31(44-18-22-10-8-7-9-11-22)30(42)26(17-40(29)34)32-37-16-25(45-32)14-23-12-13-24(35)15-27(23)36;1-5-27(40)37-18-33(4)19-38(20(2)3)32(42)28-30(43-17-21-9-7-6-8-10-21)29(41)25(16-39(28)33)31-36-15-24(44-31)13-22-11-12-23(34)14-26(22)35/h7-13,15-17,21H,6,14,18-20H2,1-5H3;6-12,14-16,20H,5,13,17-19H2,1-4H3,(H,37,40). The maximum Gasteiger partial charge on any atom is 0.274 e. The number of carbonyl (C=O) groups excluding carboxylic acids is 4. The molecular formula is C67H70F4N8O8S2. The van der Waals surface area contributed by atoms with Crippen LogP contribution in [0.25, 0.3) is 21.1 Å². The molecule has 6 heterocycles. The van der Waals surface area contributed by atoms with E-state index in [1.54, 1.807) is 69.5 Å². The van der Waals surface area contributed by atoms with E-state index in [0.717, 1.165) is 23.3 Å². The number of ether oxygens (including phenoxy) is 2. The van der Waals surface area contributed by atoms with E-state index in [1.165, 1.54) is 46.9 Å². The van der Waals surface area contributed by atoms with Gasteiger partial charge in [0.1, 0.15) is 46.5 Å². The van der Waals surface area contributed by atoms with Crippen LogP contribution in [0.15, 0.2) is 131 Å². The average Bonchev–Trinajstić information content (AvgIpc) is 1.12. The van der Waals surface area contributed by atoms with Crippen LogP contribution in [0.2, 0.25) is 0 Å². The quantitative estimate of drug-likeness (QED) is 0.0722. The minimum atomic E-state index is -0.830. The molecule has 0 fully saturated rings. The van der Waals surface area contributed by atoms with Crippen LogP contribution in [-0.2, 0) is 46.7 Å². The number of likely N-dealkylation sites (N-methyl/N-ethyl adjacent to an activating group) is 1. The molecule has 0 aliphatic carbocycles. The highest BCUT2D eigenvalue weighted by Gasteiger charge is 2.46. The molecule has 16 nitrogen and oxygen atoms in total. The number of hydrogen-bond donors (Lipinski definition) is 1. The highest BCUT2D eigenvalue weighted by atomic mass is 32.1. The summed E-state index contributed by atoms with van der Waals surface area (Å²) in [6, 6.07) is 25.1. The average molecular weight is 1260 g/mol. The SMILES string of the molecule is CCC(=O)N(C)CC1(C)CN(C(C)C)C(=O)c2c(OCc3ccccc3)c(=O)c(-c3ncc(Cc4ccc(F)cc4F)s3)cn21.CCC(=O)NCC1(C)CN(C(C)C)C(=O)c2c(OCc3ccccc3)c(=O)c(-c3ncc(Cc4ccc(F)cc4F)s3)cn21. The van der Waals surface area contributed by atoms with Gasteiger partial charge in [0.25, 0.3) is 11.8 Å². The van der Waals surface area contributed by atoms with Crippen molar-refractivity contribution in [3.63, 3.8) is 0 Å². The van der Waals surface area contributed by atoms with Crippen molar-refractivity contribution in [3.8, 4) is 32.6 Å². The number of rotatable bonds is 20. The van der Waals surface area contributed by atoms with Crippen LogP contribution in [0.5, 0.6) is 11.5 Å². The maximum absolute atomic E-state index is 14.4. The summed E-state index contributed by atoms with van der Waals surface area (Å²) in [7, 11) is 1.73. The number of amides is 4. The lowest BCUT2D eigenvalue weighted by atomic mass is 9.93. The van der Waals surface area contributed by atoms with Gasteiger partial charge in [-0.05, 0) is 75.9 Å². The Balaban J connectivity index is 0.000000211. The number of hydrogen-bond acceptors (Lipinski definition) is 12. The van der Waals surface area contributed by atoms with Gasteiger partial charge < -0.3 is 38.6 Å². The fourth-order valence-corrected chi connectivity index (χ4v) is 12.8. The molecule has 1 N–H and O–H groups in total. The van der Waals surface area contributed by atoms with Crippen LogP contribution < -0.4 is 25.6 Å². The second-order valence-electron chi connectivity index (χ2n) is 23.3. The topological polar surface area (TPSA) is 178 Å². The maximum atomic E-state index is 14.4. The van der Waals surface area contributed by atoms with Crippen molar-refractivity contribution >= 4 is 46.3 Å². The van der Waals surface area contributed by atoms with Crippen molar-refractivity contribution in [2.45, 2.75) is 117 Å². The van der Waals surface area contributed by atoms with Crippen molar-refractivity contribution in [3.05, 3.63) is 209 Å². The lowest BCUT2D eigenvalue weighted by molar-refractivity contribution is -0.131. The molecule has 89 heavy (non-hydrogen) atoms. The van der Waals surface area contributed by atoms with Gasteiger partial charge in [0.05, 0.1) is 22.2 Å². The molecule has 0 saturated heterocycles. The van der Waals surface area contributed by atoms with Gasteiger partial charge in [0.2, 0.25) is 22.7 Å². The predicted molar refractivity (Wildman–Crippen MR) is 334 cm³/mol. The molecule has 4 aromatic heterocycles. The Morgan fingerprint density at radius 3 is 1.46 bits per heavy atom. The number of halogens is 4. The fraction of sp³-hybridized carbons (Fsp3) is 0.343. The summed E-state index contributed by atoms with van der Waals surface area (Å²) in [5, 5.41) is 3.70. The molecule has 8 aromatic rings. The second kappa shape index (κ2) is 27.3. The number of nitrogens with zero attached hydrogens (tertiary/aromatic N) is 7. The molecule has 0 spiro atoms. The number of benzene rings is 4. The number of carbonyl (C=O) groups is 4. The van der Waals surface area contributed by atoms with Crippen LogP contribution in [0.3, 0.4) is 0 Å². The van der Waals surface area contributed by atoms with E-state index in [0.29, 0.717) is 50.3 Å². The molecule has 22 heteroatoms. The van der Waals surface area contributed by atoms with Crippen LogP contribution in [0, 0.1) is 23.3 Å². The normalized spacial score (nSPS) is 16.2. The summed E-state index contributed by atoms with van der Waals surface area (Å²) < 4.78 is 71.6. The van der Waals surface area contributed by atoms with Crippen molar-refractivity contribution in [2.75, 3.05) is 33.2 Å². The number of aromatic nitrogens is 4. The van der Waals surface area contributed by atoms with Crippen molar-refractivity contribution < 1.29 is 46.2 Å². The van der Waals surface area contributed by atoms with Crippen molar-refractivity contribution in [2.24, 2.45) is 0 Å². The Bertz CT molecular complexity index is 4060. The second-order valence-corrected chi connectivity index (χ2v) is 25.5. The van der Waals surface area contributed by atoms with Gasteiger partial charge in [-0.25, -0.2) is 27.5 Å². The van der Waals surface area contributed by atoms with E-state index in [4.69, 9.17) is 9.47 Å². The van der Waals surface area contributed by atoms with Gasteiger partial charge in [-0.1, -0.05) is 86.6 Å². The first-order chi connectivity index (χ1) is 42.4. The fourth-order valence-electron chi connectivity index (χ4n) is 10.9. The van der Waals surface area contributed by atoms with E-state index < -0.39 is 45.2 Å². The first kappa shape index (κ1) is 64.7. The summed E-state index contributed by atoms with van der Waals surface area (Å²) in [6.07, 6.45) is 7.32. The van der Waals surface area contributed by atoms with E-state index in [1.807, 2.05) is 102 Å². The highest BCUT2D eigenvalue weighted by molar-refractivity contribution is 7.15. The lowest BCUT2D eigenvalue weighted by Crippen LogP contribution is -2.59. The van der Waals surface area contributed by atoms with Crippen molar-refractivity contribution in [1.29, 1.82) is 0 Å². The zero-order valence-electron chi connectivity index (χ0n) is 51.0. The molecule has 0 bridgehead atoms. The molecule has 4 aromatic carbocycles. The molecule has 466 valence electrons. The molecule has 2 aliphatic heterocycles. The van der Waals surface area contributed by atoms with Gasteiger partial charge in [-0.2, -0.15) is 0 Å². The molecule has 2 aliphatic rings. The van der Waals surface area contributed by atoms with Crippen LogP contribution >= 0.6 is 22.7 Å². The Labute approximate surface area is 521 Å². The lowest BCUT2D eigenvalue weighted by Gasteiger charge is -2.46. The monoisotopic (exact) mass is 1250 g/mol. The Kier molecular flexibility index (Phi) is 19.9. The molecule has 4 amide bonds. The first-order valence-electron chi connectivity index (χ1n) is 29.3. The Morgan fingerprint density at radius 1 is 0.629 bits per heavy atom. The third-order valence-corrected chi connectivity index (χ3v) is 17.8. The van der Waals surface area contributed by atoms with E-state index in [2.05, 4.69) is 15.3 Å². The Hall–Kier alpha value is -8.76. The Morgan fingerprint density at radius 2 is 1.06 bits per heavy atom. The minimum Gasteiger partial charge on any atom is -0.483 e. The van der Waals surface area contributed by atoms with Gasteiger partial charge in [-0.15, -0.1) is 22.7 Å². The number of thiazole rings is 2. The van der Waals surface area contributed by atoms with E-state index >= 15 is 0 Å². The first-order valence-corrected chi connectivity index (χ1v) is 30.9. The number of nitrogens with one attached hydrogen (secondary N) is 1. The van der Waals surface area contributed by atoms with E-state index in [-0.39, 0.29) is 115 Å². The van der Waals surface area contributed by atoms with Crippen LogP contribution in [0.4, 0.5) is 17.6 Å². The van der Waals surface area contributed by atoms with Crippen molar-refractivity contribution in [1.82, 2.24) is 39.1 Å². The van der Waals surface area contributed by atoms with Gasteiger partial charge in [0, 0.05) is 118 Å². The van der Waals surface area contributed by atoms with Gasteiger partial charge in [-0.3, -0.25) is 28.8 Å². The zero-order chi connectivity index (χ0) is 64.1. The summed E-state index contributed by atoms with van der Waals surface area (Å²) in [5.74, 6) is -3.72. The molecule has 0 saturated carbocycles. The third kappa shape index (κ3) is 14.2. The van der Waals surface area contributed by atoms with Crippen LogP contribution in [0.1, 0.15) is 121 Å². The zero-order valence-corrected chi connectivity index (χ0v) is 52.6. The summed E-state index contributed by atoms with van der Waals surface area (Å²) in [4.78, 5) is 96.7. The molecule has 2 unspecified atom stereocenters. The summed E-state index contributed by atoms with van der Waals surface area (Å²) in [5.41, 5.74) is 0.245. The van der Waals surface area contributed by atoms with Crippen LogP contribution in [-0.4, -0.2) is 103 Å². The highest BCUT2D eigenvalue weighted by Crippen LogP contribution is 2.38.